The van der Waals surface area contributed by atoms with Crippen molar-refractivity contribution in [1.82, 2.24) is 20.6 Å². The Kier molecular flexibility index (Phi) is 5.42. The molecule has 0 spiro atoms. The lowest BCUT2D eigenvalue weighted by molar-refractivity contribution is 0.295. The van der Waals surface area contributed by atoms with Gasteiger partial charge in [0.2, 0.25) is 0 Å². The van der Waals surface area contributed by atoms with Gasteiger partial charge >= 0.3 is 5.63 Å². The number of aromatic nitrogens is 4. The van der Waals surface area contributed by atoms with Gasteiger partial charge in [-0.3, -0.25) is 10.3 Å². The maximum absolute atomic E-state index is 12.3. The highest BCUT2D eigenvalue weighted by molar-refractivity contribution is 5.82. The molecule has 0 N–H and O–H groups in total. The van der Waals surface area contributed by atoms with Crippen LogP contribution in [0.25, 0.3) is 11.0 Å². The highest BCUT2D eigenvalue weighted by Gasteiger charge is 2.12. The van der Waals surface area contributed by atoms with Gasteiger partial charge in [0, 0.05) is 22.8 Å². The first-order valence-corrected chi connectivity index (χ1v) is 8.55. The SMILES string of the molecule is CCCCCCc1c(C)c2ccc(OCc3nnn[n-]3)cc2oc1=O. The summed E-state index contributed by atoms with van der Waals surface area (Å²) >= 11 is 0. The van der Waals surface area contributed by atoms with Gasteiger partial charge in [0.25, 0.3) is 0 Å². The summed E-state index contributed by atoms with van der Waals surface area (Å²) in [5.41, 5.74) is 2.03. The number of rotatable bonds is 8. The summed E-state index contributed by atoms with van der Waals surface area (Å²) in [5.74, 6) is 0.982. The zero-order chi connectivity index (χ0) is 17.6. The molecule has 2 heterocycles. The number of hydrogen-bond donors (Lipinski definition) is 0. The summed E-state index contributed by atoms with van der Waals surface area (Å²) in [6.45, 7) is 4.31. The van der Waals surface area contributed by atoms with E-state index < -0.39 is 0 Å². The van der Waals surface area contributed by atoms with Crippen molar-refractivity contribution in [2.75, 3.05) is 0 Å². The van der Waals surface area contributed by atoms with E-state index in [4.69, 9.17) is 9.15 Å². The molecule has 1 aromatic carbocycles. The molecule has 0 fully saturated rings. The van der Waals surface area contributed by atoms with Crippen molar-refractivity contribution < 1.29 is 9.15 Å². The van der Waals surface area contributed by atoms with Crippen LogP contribution in [0.15, 0.2) is 27.4 Å². The molecule has 0 aliphatic heterocycles. The topological polar surface area (TPSA) is 92.2 Å². The summed E-state index contributed by atoms with van der Waals surface area (Å²) in [7, 11) is 0. The summed E-state index contributed by atoms with van der Waals surface area (Å²) in [5, 5.41) is 15.1. The largest absolute Gasteiger partial charge is 0.488 e. The fourth-order valence-electron chi connectivity index (χ4n) is 2.85. The van der Waals surface area contributed by atoms with Crippen molar-refractivity contribution in [1.29, 1.82) is 0 Å². The standard InChI is InChI=1S/C18H21N4O3/c1-3-4-5-6-7-15-12(2)14-9-8-13(10-16(14)25-18(15)23)24-11-17-19-21-22-20-17/h8-10H,3-7,11H2,1-2H3/q-1. The van der Waals surface area contributed by atoms with Crippen molar-refractivity contribution in [2.45, 2.75) is 52.6 Å². The Bertz CT molecular complexity index is 887. The molecule has 0 radical (unpaired) electrons. The monoisotopic (exact) mass is 341 g/mol. The lowest BCUT2D eigenvalue weighted by Gasteiger charge is -2.10. The van der Waals surface area contributed by atoms with Crippen LogP contribution in [0.5, 0.6) is 5.75 Å². The number of ether oxygens (including phenoxy) is 1. The number of aryl methyl sites for hydroxylation is 1. The summed E-state index contributed by atoms with van der Waals surface area (Å²) in [4.78, 5) is 12.3. The van der Waals surface area contributed by atoms with Gasteiger partial charge in [-0.15, -0.1) is 0 Å². The first kappa shape index (κ1) is 17.1. The van der Waals surface area contributed by atoms with Gasteiger partial charge in [-0.05, 0) is 37.5 Å². The number of nitrogens with zero attached hydrogens (tertiary/aromatic N) is 4. The minimum absolute atomic E-state index is 0.164. The van der Waals surface area contributed by atoms with Gasteiger partial charge < -0.3 is 14.3 Å². The Labute approximate surface area is 145 Å². The van der Waals surface area contributed by atoms with E-state index in [0.29, 0.717) is 17.2 Å². The molecule has 132 valence electrons. The molecular formula is C18H21N4O3-. The van der Waals surface area contributed by atoms with E-state index >= 15 is 0 Å². The average molecular weight is 341 g/mol. The van der Waals surface area contributed by atoms with Crippen LogP contribution in [0.3, 0.4) is 0 Å². The third-order valence-corrected chi connectivity index (χ3v) is 4.27. The minimum atomic E-state index is -0.258. The summed E-state index contributed by atoms with van der Waals surface area (Å²) in [6, 6.07) is 5.48. The zero-order valence-electron chi connectivity index (χ0n) is 14.5. The fourth-order valence-corrected chi connectivity index (χ4v) is 2.85. The summed E-state index contributed by atoms with van der Waals surface area (Å²) in [6.07, 6.45) is 5.27. The van der Waals surface area contributed by atoms with Gasteiger partial charge in [-0.25, -0.2) is 4.79 Å². The maximum Gasteiger partial charge on any atom is 0.339 e. The second-order valence-corrected chi connectivity index (χ2v) is 6.05. The molecule has 0 aliphatic rings. The molecule has 0 atom stereocenters. The van der Waals surface area contributed by atoms with Crippen LogP contribution < -0.4 is 15.5 Å². The van der Waals surface area contributed by atoms with Crippen LogP contribution in [0.2, 0.25) is 0 Å². The van der Waals surface area contributed by atoms with Gasteiger partial charge in [0.1, 0.15) is 17.9 Å². The van der Waals surface area contributed by atoms with Crippen molar-refractivity contribution in [3.05, 3.63) is 45.6 Å². The fraction of sp³-hybridized carbons (Fsp3) is 0.444. The van der Waals surface area contributed by atoms with Gasteiger partial charge in [-0.2, -0.15) is 5.21 Å². The smallest absolute Gasteiger partial charge is 0.339 e. The average Bonchev–Trinajstić information content (AvgIpc) is 3.12. The van der Waals surface area contributed by atoms with Crippen molar-refractivity contribution in [3.63, 3.8) is 0 Å². The van der Waals surface area contributed by atoms with Crippen molar-refractivity contribution in [3.8, 4) is 5.75 Å². The van der Waals surface area contributed by atoms with E-state index in [0.717, 1.165) is 35.8 Å². The number of benzene rings is 1. The van der Waals surface area contributed by atoms with E-state index in [9.17, 15) is 4.79 Å². The molecule has 0 aliphatic carbocycles. The molecular weight excluding hydrogens is 320 g/mol. The predicted molar refractivity (Wildman–Crippen MR) is 92.5 cm³/mol. The van der Waals surface area contributed by atoms with Gasteiger partial charge in [0.05, 0.1) is 0 Å². The van der Waals surface area contributed by atoms with Crippen LogP contribution in [-0.4, -0.2) is 15.5 Å². The Morgan fingerprint density at radius 3 is 2.88 bits per heavy atom. The van der Waals surface area contributed by atoms with Crippen LogP contribution in [0.4, 0.5) is 0 Å². The molecule has 25 heavy (non-hydrogen) atoms. The van der Waals surface area contributed by atoms with Gasteiger partial charge in [0.15, 0.2) is 0 Å². The second-order valence-electron chi connectivity index (χ2n) is 6.05. The molecule has 0 amide bonds. The second kappa shape index (κ2) is 7.92. The van der Waals surface area contributed by atoms with E-state index in [2.05, 4.69) is 27.5 Å². The lowest BCUT2D eigenvalue weighted by atomic mass is 10.0. The lowest BCUT2D eigenvalue weighted by Crippen LogP contribution is -2.10. The molecule has 0 unspecified atom stereocenters. The maximum atomic E-state index is 12.3. The van der Waals surface area contributed by atoms with Crippen LogP contribution in [0, 0.1) is 6.92 Å². The normalized spacial score (nSPS) is 11.1. The van der Waals surface area contributed by atoms with E-state index in [1.54, 1.807) is 6.07 Å². The first-order chi connectivity index (χ1) is 12.2. The number of hydrogen-bond acceptors (Lipinski definition) is 6. The van der Waals surface area contributed by atoms with E-state index in [1.807, 2.05) is 19.1 Å². The Hall–Kier alpha value is -2.70. The molecule has 3 rings (SSSR count). The molecule has 7 nitrogen and oxygen atoms in total. The van der Waals surface area contributed by atoms with E-state index in [1.165, 1.54) is 12.8 Å². The Morgan fingerprint density at radius 1 is 1.24 bits per heavy atom. The zero-order valence-corrected chi connectivity index (χ0v) is 14.5. The Morgan fingerprint density at radius 2 is 2.12 bits per heavy atom. The molecule has 0 saturated carbocycles. The Balaban J connectivity index is 1.79. The molecule has 2 aromatic heterocycles. The number of tetrazole rings is 1. The number of fused-ring (bicyclic) bond motifs is 1. The third kappa shape index (κ3) is 4.04. The van der Waals surface area contributed by atoms with Crippen molar-refractivity contribution >= 4 is 11.0 Å². The van der Waals surface area contributed by atoms with Gasteiger partial charge in [-0.1, -0.05) is 26.2 Å². The molecule has 0 saturated heterocycles. The van der Waals surface area contributed by atoms with Crippen molar-refractivity contribution in [2.24, 2.45) is 0 Å². The highest BCUT2D eigenvalue weighted by Crippen LogP contribution is 2.25. The molecule has 0 bridgehead atoms. The van der Waals surface area contributed by atoms with Crippen LogP contribution in [0.1, 0.15) is 49.6 Å². The minimum Gasteiger partial charge on any atom is -0.488 e. The van der Waals surface area contributed by atoms with Crippen LogP contribution >= 0.6 is 0 Å². The predicted octanol–water partition coefficient (Wildman–Crippen LogP) is 2.95. The third-order valence-electron chi connectivity index (χ3n) is 4.27. The summed E-state index contributed by atoms with van der Waals surface area (Å²) < 4.78 is 11.1. The number of unbranched alkanes of at least 4 members (excludes halogenated alkanes) is 3. The molecule has 3 aromatic rings. The van der Waals surface area contributed by atoms with E-state index in [-0.39, 0.29) is 12.2 Å². The first-order valence-electron chi connectivity index (χ1n) is 8.55. The molecule has 7 heteroatoms. The van der Waals surface area contributed by atoms with Crippen LogP contribution in [-0.2, 0) is 13.0 Å². The highest BCUT2D eigenvalue weighted by atomic mass is 16.5. The quantitative estimate of drug-likeness (QED) is 0.459.